The molecule has 1 aliphatic rings. The van der Waals surface area contributed by atoms with Crippen LogP contribution in [0.2, 0.25) is 0 Å². The third-order valence-corrected chi connectivity index (χ3v) is 5.65. The van der Waals surface area contributed by atoms with E-state index in [2.05, 4.69) is 11.1 Å². The van der Waals surface area contributed by atoms with Crippen LogP contribution in [0.1, 0.15) is 35.7 Å². The molecule has 2 rings (SSSR count). The zero-order chi connectivity index (χ0) is 21.3. The maximum absolute atomic E-state index is 12.7. The molecule has 0 aromatic carbocycles. The van der Waals surface area contributed by atoms with Crippen molar-refractivity contribution in [1.29, 1.82) is 5.26 Å². The minimum absolute atomic E-state index is 0.0535. The van der Waals surface area contributed by atoms with Crippen molar-refractivity contribution in [3.8, 4) is 11.9 Å². The lowest BCUT2D eigenvalue weighted by molar-refractivity contribution is -0.0451. The highest BCUT2D eigenvalue weighted by molar-refractivity contribution is 7.90. The van der Waals surface area contributed by atoms with Gasteiger partial charge in [-0.25, -0.2) is 18.1 Å². The molecule has 0 saturated heterocycles. The Morgan fingerprint density at radius 3 is 2.61 bits per heavy atom. The average Bonchev–Trinajstić information content (AvgIpc) is 3.39. The van der Waals surface area contributed by atoms with Gasteiger partial charge >= 0.3 is 15.5 Å². The van der Waals surface area contributed by atoms with Crippen molar-refractivity contribution in [3.05, 3.63) is 23.4 Å². The molecule has 0 radical (unpaired) electrons. The normalized spacial score (nSPS) is 16.8. The summed E-state index contributed by atoms with van der Waals surface area (Å²) in [5, 5.41) is 9.22. The molecule has 1 aromatic heterocycles. The number of alkyl halides is 3. The Labute approximate surface area is 160 Å². The first kappa shape index (κ1) is 21.9. The van der Waals surface area contributed by atoms with Crippen LogP contribution in [0, 0.1) is 18.3 Å². The fourth-order valence-electron chi connectivity index (χ4n) is 2.41. The van der Waals surface area contributed by atoms with E-state index in [1.165, 1.54) is 35.9 Å². The predicted molar refractivity (Wildman–Crippen MR) is 91.7 cm³/mol. The highest BCUT2D eigenvalue weighted by Gasteiger charge is 2.49. The topological polar surface area (TPSA) is 112 Å². The van der Waals surface area contributed by atoms with Gasteiger partial charge in [0.2, 0.25) is 5.88 Å². The SMILES string of the molecule is Cc1cnc(OC[C@H](C)NS(=O)(=O)C(F)(F)F)cc1C(=O)N(C)C1(C#N)CC1. The smallest absolute Gasteiger partial charge is 0.476 e. The molecule has 1 atom stereocenters. The number of pyridine rings is 1. The van der Waals surface area contributed by atoms with Crippen molar-refractivity contribution >= 4 is 15.9 Å². The third-order valence-electron chi connectivity index (χ3n) is 4.33. The number of sulfonamides is 1. The van der Waals surface area contributed by atoms with Crippen LogP contribution >= 0.6 is 0 Å². The lowest BCUT2D eigenvalue weighted by atomic mass is 10.1. The molecule has 1 N–H and O–H groups in total. The van der Waals surface area contributed by atoms with Crippen molar-refractivity contribution < 1.29 is 31.1 Å². The molecule has 1 fully saturated rings. The summed E-state index contributed by atoms with van der Waals surface area (Å²) in [7, 11) is -3.97. The molecule has 154 valence electrons. The minimum atomic E-state index is -5.50. The molecule has 0 spiro atoms. The fraction of sp³-hybridized carbons (Fsp3) is 0.562. The van der Waals surface area contributed by atoms with Gasteiger partial charge in [0.05, 0.1) is 12.1 Å². The molecule has 1 aromatic rings. The van der Waals surface area contributed by atoms with Crippen LogP contribution in [0.25, 0.3) is 0 Å². The standard InChI is InChI=1S/C16H19F3N4O4S/c1-10-7-21-13(27-8-11(2)22-28(25,26)16(17,18)19)6-12(10)14(24)23(3)15(9-20)4-5-15/h6-7,11,22H,4-5,8H2,1-3H3/t11-/m0/s1. The van der Waals surface area contributed by atoms with Crippen molar-refractivity contribution in [2.45, 2.75) is 43.8 Å². The Hall–Kier alpha value is -2.39. The number of nitrogens with zero attached hydrogens (tertiary/aromatic N) is 3. The molecular weight excluding hydrogens is 401 g/mol. The summed E-state index contributed by atoms with van der Waals surface area (Å²) in [6.45, 7) is 2.40. The Morgan fingerprint density at radius 2 is 2.11 bits per heavy atom. The van der Waals surface area contributed by atoms with E-state index in [-0.39, 0.29) is 11.4 Å². The van der Waals surface area contributed by atoms with Crippen LogP contribution < -0.4 is 9.46 Å². The van der Waals surface area contributed by atoms with Crippen molar-refractivity contribution in [3.63, 3.8) is 0 Å². The van der Waals surface area contributed by atoms with Crippen LogP contribution in [0.3, 0.4) is 0 Å². The van der Waals surface area contributed by atoms with E-state index in [0.29, 0.717) is 18.4 Å². The number of hydrogen-bond acceptors (Lipinski definition) is 6. The molecular formula is C16H19F3N4O4S. The summed E-state index contributed by atoms with van der Waals surface area (Å²) in [6, 6.07) is 2.23. The van der Waals surface area contributed by atoms with Crippen LogP contribution in [0.15, 0.2) is 12.3 Å². The van der Waals surface area contributed by atoms with Gasteiger partial charge in [-0.1, -0.05) is 0 Å². The predicted octanol–water partition coefficient (Wildman–Crippen LogP) is 1.72. The van der Waals surface area contributed by atoms with E-state index in [1.54, 1.807) is 6.92 Å². The van der Waals surface area contributed by atoms with Gasteiger partial charge < -0.3 is 9.64 Å². The molecule has 0 bridgehead atoms. The number of halogens is 3. The van der Waals surface area contributed by atoms with E-state index in [9.17, 15) is 31.6 Å². The number of carbonyl (C=O) groups excluding carboxylic acids is 1. The van der Waals surface area contributed by atoms with Crippen molar-refractivity contribution in [2.75, 3.05) is 13.7 Å². The Balaban J connectivity index is 2.07. The molecule has 0 aliphatic heterocycles. The number of carbonyl (C=O) groups is 1. The third kappa shape index (κ3) is 4.53. The van der Waals surface area contributed by atoms with E-state index in [0.717, 1.165) is 0 Å². The number of hydrogen-bond donors (Lipinski definition) is 1. The second kappa shape index (κ2) is 7.56. The molecule has 1 saturated carbocycles. The summed E-state index contributed by atoms with van der Waals surface area (Å²) in [5.74, 6) is -0.461. The summed E-state index contributed by atoms with van der Waals surface area (Å²) in [4.78, 5) is 18.0. The minimum Gasteiger partial charge on any atom is -0.476 e. The van der Waals surface area contributed by atoms with Crippen molar-refractivity contribution in [1.82, 2.24) is 14.6 Å². The second-order valence-corrected chi connectivity index (χ2v) is 8.33. The summed E-state index contributed by atoms with van der Waals surface area (Å²) >= 11 is 0. The zero-order valence-corrected chi connectivity index (χ0v) is 16.2. The number of nitriles is 1. The van der Waals surface area contributed by atoms with Crippen LogP contribution in [-0.4, -0.2) is 55.0 Å². The van der Waals surface area contributed by atoms with Crippen molar-refractivity contribution in [2.24, 2.45) is 0 Å². The monoisotopic (exact) mass is 420 g/mol. The van der Waals surface area contributed by atoms with E-state index in [4.69, 9.17) is 4.74 Å². The molecule has 0 unspecified atom stereocenters. The lowest BCUT2D eigenvalue weighted by Crippen LogP contribution is -2.43. The highest BCUT2D eigenvalue weighted by Crippen LogP contribution is 2.41. The number of nitrogens with one attached hydrogen (secondary N) is 1. The number of rotatable bonds is 7. The molecule has 28 heavy (non-hydrogen) atoms. The maximum Gasteiger partial charge on any atom is 0.511 e. The highest BCUT2D eigenvalue weighted by atomic mass is 32.2. The number of aromatic nitrogens is 1. The summed E-state index contributed by atoms with van der Waals surface area (Å²) in [5.41, 5.74) is -5.48. The molecule has 12 heteroatoms. The zero-order valence-electron chi connectivity index (χ0n) is 15.4. The maximum atomic E-state index is 12.7. The fourth-order valence-corrected chi connectivity index (χ4v) is 3.14. The molecule has 1 heterocycles. The van der Waals surface area contributed by atoms with Gasteiger partial charge in [-0.15, -0.1) is 0 Å². The van der Waals surface area contributed by atoms with Gasteiger partial charge in [0.1, 0.15) is 12.1 Å². The number of amides is 1. The summed E-state index contributed by atoms with van der Waals surface area (Å²) in [6.07, 6.45) is 2.51. The Bertz CT molecular complexity index is 907. The molecule has 8 nitrogen and oxygen atoms in total. The van der Waals surface area contributed by atoms with Gasteiger partial charge in [0.25, 0.3) is 5.91 Å². The first-order valence-electron chi connectivity index (χ1n) is 8.20. The number of aryl methyl sites for hydroxylation is 1. The van der Waals surface area contributed by atoms with Gasteiger partial charge in [-0.2, -0.15) is 18.4 Å². The van der Waals surface area contributed by atoms with Gasteiger partial charge in [-0.3, -0.25) is 4.79 Å². The first-order valence-corrected chi connectivity index (χ1v) is 9.69. The lowest BCUT2D eigenvalue weighted by Gasteiger charge is -2.23. The van der Waals surface area contributed by atoms with E-state index in [1.807, 2.05) is 0 Å². The van der Waals surface area contributed by atoms with Gasteiger partial charge in [0.15, 0.2) is 0 Å². The largest absolute Gasteiger partial charge is 0.511 e. The van der Waals surface area contributed by atoms with Gasteiger partial charge in [0, 0.05) is 24.9 Å². The van der Waals surface area contributed by atoms with Crippen LogP contribution in [-0.2, 0) is 10.0 Å². The quantitative estimate of drug-likeness (QED) is 0.719. The second-order valence-electron chi connectivity index (χ2n) is 6.62. The molecule has 1 aliphatic carbocycles. The van der Waals surface area contributed by atoms with E-state index >= 15 is 0 Å². The van der Waals surface area contributed by atoms with Gasteiger partial charge in [-0.05, 0) is 32.3 Å². The Kier molecular flexibility index (Phi) is 5.91. The first-order chi connectivity index (χ1) is 12.8. The average molecular weight is 420 g/mol. The number of ether oxygens (including phenoxy) is 1. The van der Waals surface area contributed by atoms with E-state index < -0.39 is 39.6 Å². The Morgan fingerprint density at radius 1 is 1.50 bits per heavy atom. The molecule has 1 amide bonds. The van der Waals surface area contributed by atoms with Crippen LogP contribution in [0.5, 0.6) is 5.88 Å². The summed E-state index contributed by atoms with van der Waals surface area (Å²) < 4.78 is 66.0. The van der Waals surface area contributed by atoms with Crippen LogP contribution in [0.4, 0.5) is 13.2 Å².